The maximum atomic E-state index is 13.8. The number of carbonyl (C=O) groups excluding carboxylic acids is 1. The van der Waals surface area contributed by atoms with E-state index in [9.17, 15) is 13.6 Å². The van der Waals surface area contributed by atoms with Gasteiger partial charge in [0, 0.05) is 12.4 Å². The molecule has 20 heavy (non-hydrogen) atoms. The second-order valence-electron chi connectivity index (χ2n) is 4.27. The van der Waals surface area contributed by atoms with Gasteiger partial charge in [-0.3, -0.25) is 4.79 Å². The number of carbonyl (C=O) groups is 1. The topological polar surface area (TPSA) is 83.8 Å². The minimum atomic E-state index is -0.932. The fourth-order valence-electron chi connectivity index (χ4n) is 1.84. The van der Waals surface area contributed by atoms with Crippen LogP contribution in [0.4, 0.5) is 14.5 Å². The van der Waals surface area contributed by atoms with Crippen LogP contribution >= 0.6 is 0 Å². The first-order valence-corrected chi connectivity index (χ1v) is 6.07. The number of nitrogens with one attached hydrogen (secondary N) is 2. The molecule has 1 atom stereocenters. The Morgan fingerprint density at radius 2 is 2.25 bits per heavy atom. The Kier molecular flexibility index (Phi) is 3.97. The third-order valence-corrected chi connectivity index (χ3v) is 2.87. The quantitative estimate of drug-likeness (QED) is 0.750. The fraction of sp³-hybridized carbons (Fsp3) is 0.231. The van der Waals surface area contributed by atoms with E-state index in [4.69, 9.17) is 5.73 Å². The van der Waals surface area contributed by atoms with Gasteiger partial charge in [-0.15, -0.1) is 0 Å². The van der Waals surface area contributed by atoms with E-state index >= 15 is 0 Å². The Bertz CT molecular complexity index is 613. The number of aromatic nitrogens is 2. The van der Waals surface area contributed by atoms with Crippen LogP contribution in [0.1, 0.15) is 35.6 Å². The molecule has 1 aromatic carbocycles. The van der Waals surface area contributed by atoms with E-state index in [2.05, 4.69) is 15.3 Å². The van der Waals surface area contributed by atoms with E-state index in [0.717, 1.165) is 12.1 Å². The highest BCUT2D eigenvalue weighted by atomic mass is 19.1. The van der Waals surface area contributed by atoms with E-state index < -0.39 is 34.8 Å². The fourth-order valence-corrected chi connectivity index (χ4v) is 1.84. The number of benzene rings is 1. The summed E-state index contributed by atoms with van der Waals surface area (Å²) in [6.45, 7) is 1.84. The Morgan fingerprint density at radius 3 is 2.85 bits per heavy atom. The lowest BCUT2D eigenvalue weighted by Gasteiger charge is -2.15. The van der Waals surface area contributed by atoms with Crippen LogP contribution in [0, 0.1) is 11.6 Å². The van der Waals surface area contributed by atoms with Gasteiger partial charge in [-0.05, 0) is 18.6 Å². The van der Waals surface area contributed by atoms with Gasteiger partial charge in [0.25, 0.3) is 5.91 Å². The van der Waals surface area contributed by atoms with Gasteiger partial charge in [0.1, 0.15) is 11.6 Å². The zero-order valence-corrected chi connectivity index (χ0v) is 10.8. The minimum Gasteiger partial charge on any atom is -0.396 e. The summed E-state index contributed by atoms with van der Waals surface area (Å²) in [6, 6.07) is 1.23. The monoisotopic (exact) mass is 280 g/mol. The van der Waals surface area contributed by atoms with E-state index in [-0.39, 0.29) is 0 Å². The molecule has 1 unspecified atom stereocenters. The number of H-pyrrole nitrogens is 1. The highest BCUT2D eigenvalue weighted by molar-refractivity contribution is 5.95. The second kappa shape index (κ2) is 5.68. The zero-order chi connectivity index (χ0) is 14.7. The summed E-state index contributed by atoms with van der Waals surface area (Å²) in [5.74, 6) is -1.89. The standard InChI is InChI=1S/C13H14F2N4O/c1-2-10(12-17-3-4-18-12)19-13(20)8-5-7(14)6-9(16)11(8)15/h3-6,10H,2,16H2,1H3,(H,17,18)(H,19,20). The molecule has 0 radical (unpaired) electrons. The van der Waals surface area contributed by atoms with Crippen molar-refractivity contribution in [3.63, 3.8) is 0 Å². The summed E-state index contributed by atoms with van der Waals surface area (Å²) >= 11 is 0. The van der Waals surface area contributed by atoms with Crippen molar-refractivity contribution < 1.29 is 13.6 Å². The van der Waals surface area contributed by atoms with Crippen LogP contribution in [0.3, 0.4) is 0 Å². The maximum Gasteiger partial charge on any atom is 0.255 e. The number of amides is 1. The zero-order valence-electron chi connectivity index (χ0n) is 10.8. The molecule has 0 aliphatic rings. The number of rotatable bonds is 4. The Hall–Kier alpha value is -2.44. The molecular weight excluding hydrogens is 266 g/mol. The van der Waals surface area contributed by atoms with Gasteiger partial charge in [0.15, 0.2) is 5.82 Å². The highest BCUT2D eigenvalue weighted by Crippen LogP contribution is 2.19. The van der Waals surface area contributed by atoms with Crippen LogP contribution in [0.5, 0.6) is 0 Å². The summed E-state index contributed by atoms with van der Waals surface area (Å²) in [5.41, 5.74) is 4.48. The molecule has 7 heteroatoms. The van der Waals surface area contributed by atoms with Crippen LogP contribution in [-0.2, 0) is 0 Å². The van der Waals surface area contributed by atoms with Gasteiger partial charge in [-0.1, -0.05) is 6.92 Å². The molecule has 5 nitrogen and oxygen atoms in total. The number of imidazole rings is 1. The molecule has 106 valence electrons. The third-order valence-electron chi connectivity index (χ3n) is 2.87. The maximum absolute atomic E-state index is 13.8. The smallest absolute Gasteiger partial charge is 0.255 e. The van der Waals surface area contributed by atoms with Crippen LogP contribution in [-0.4, -0.2) is 15.9 Å². The number of halogens is 2. The Labute approximate surface area is 114 Å². The van der Waals surface area contributed by atoms with Gasteiger partial charge >= 0.3 is 0 Å². The summed E-state index contributed by atoms with van der Waals surface area (Å²) in [4.78, 5) is 18.9. The van der Waals surface area contributed by atoms with E-state index in [1.54, 1.807) is 12.4 Å². The molecule has 0 saturated heterocycles. The molecule has 0 fully saturated rings. The van der Waals surface area contributed by atoms with Crippen molar-refractivity contribution in [1.29, 1.82) is 0 Å². The SMILES string of the molecule is CCC(NC(=O)c1cc(F)cc(N)c1F)c1ncc[nH]1. The van der Waals surface area contributed by atoms with E-state index in [0.29, 0.717) is 12.2 Å². The molecule has 1 amide bonds. The Balaban J connectivity index is 2.24. The van der Waals surface area contributed by atoms with Crippen LogP contribution in [0.2, 0.25) is 0 Å². The Morgan fingerprint density at radius 1 is 1.50 bits per heavy atom. The molecule has 1 aromatic heterocycles. The summed E-state index contributed by atoms with van der Waals surface area (Å²) in [7, 11) is 0. The number of nitrogens with zero attached hydrogens (tertiary/aromatic N) is 1. The number of anilines is 1. The summed E-state index contributed by atoms with van der Waals surface area (Å²) < 4.78 is 27.0. The average molecular weight is 280 g/mol. The minimum absolute atomic E-state index is 0.402. The van der Waals surface area contributed by atoms with Crippen molar-refractivity contribution >= 4 is 11.6 Å². The summed E-state index contributed by atoms with van der Waals surface area (Å²) in [5, 5.41) is 2.59. The van der Waals surface area contributed by atoms with Crippen LogP contribution in [0.25, 0.3) is 0 Å². The van der Waals surface area contributed by atoms with E-state index in [1.165, 1.54) is 0 Å². The third kappa shape index (κ3) is 2.76. The van der Waals surface area contributed by atoms with Gasteiger partial charge in [0.05, 0.1) is 17.3 Å². The number of nitrogens with two attached hydrogens (primary N) is 1. The first-order chi connectivity index (χ1) is 9.52. The molecule has 0 aliphatic carbocycles. The number of hydrogen-bond donors (Lipinski definition) is 3. The van der Waals surface area contributed by atoms with E-state index in [1.807, 2.05) is 6.92 Å². The molecule has 1 heterocycles. The average Bonchev–Trinajstić information content (AvgIpc) is 2.93. The summed E-state index contributed by atoms with van der Waals surface area (Å²) in [6.07, 6.45) is 3.71. The molecule has 0 saturated carbocycles. The predicted molar refractivity (Wildman–Crippen MR) is 69.9 cm³/mol. The molecule has 0 aliphatic heterocycles. The van der Waals surface area contributed by atoms with Crippen molar-refractivity contribution in [3.05, 3.63) is 47.5 Å². The lowest BCUT2D eigenvalue weighted by Crippen LogP contribution is -2.30. The predicted octanol–water partition coefficient (Wildman–Crippen LogP) is 2.15. The lowest BCUT2D eigenvalue weighted by atomic mass is 10.1. The van der Waals surface area contributed by atoms with Crippen molar-refractivity contribution in [3.8, 4) is 0 Å². The molecule has 0 bridgehead atoms. The first kappa shape index (κ1) is 14.0. The first-order valence-electron chi connectivity index (χ1n) is 6.07. The largest absolute Gasteiger partial charge is 0.396 e. The molecule has 4 N–H and O–H groups in total. The van der Waals surface area contributed by atoms with Crippen molar-refractivity contribution in [2.24, 2.45) is 0 Å². The highest BCUT2D eigenvalue weighted by Gasteiger charge is 2.20. The van der Waals surface area contributed by atoms with Gasteiger partial charge in [-0.2, -0.15) is 0 Å². The number of nitrogen functional groups attached to an aromatic ring is 1. The van der Waals surface area contributed by atoms with Gasteiger partial charge in [-0.25, -0.2) is 13.8 Å². The number of hydrogen-bond acceptors (Lipinski definition) is 3. The van der Waals surface area contributed by atoms with Crippen molar-refractivity contribution in [2.75, 3.05) is 5.73 Å². The normalized spacial score (nSPS) is 12.2. The van der Waals surface area contributed by atoms with Crippen LogP contribution in [0.15, 0.2) is 24.5 Å². The van der Waals surface area contributed by atoms with Crippen molar-refractivity contribution in [1.82, 2.24) is 15.3 Å². The van der Waals surface area contributed by atoms with Crippen LogP contribution < -0.4 is 11.1 Å². The molecular formula is C13H14F2N4O. The second-order valence-corrected chi connectivity index (χ2v) is 4.27. The van der Waals surface area contributed by atoms with Gasteiger partial charge in [0.2, 0.25) is 0 Å². The van der Waals surface area contributed by atoms with Gasteiger partial charge < -0.3 is 16.0 Å². The number of aromatic amines is 1. The molecule has 2 rings (SSSR count). The molecule has 0 spiro atoms. The lowest BCUT2D eigenvalue weighted by molar-refractivity contribution is 0.0929. The molecule has 2 aromatic rings. The van der Waals surface area contributed by atoms with Crippen molar-refractivity contribution in [2.45, 2.75) is 19.4 Å².